The maximum Gasteiger partial charge on any atom is 0.0159 e. The molecule has 0 heterocycles. The fourth-order valence-electron chi connectivity index (χ4n) is 10.0. The lowest BCUT2D eigenvalue weighted by molar-refractivity contribution is 0.660. The van der Waals surface area contributed by atoms with Gasteiger partial charge < -0.3 is 0 Å². The van der Waals surface area contributed by atoms with Crippen molar-refractivity contribution in [2.24, 2.45) is 0 Å². The minimum absolute atomic E-state index is 0.00822. The van der Waals surface area contributed by atoms with Gasteiger partial charge in [-0.1, -0.05) is 172 Å². The third kappa shape index (κ3) is 4.87. The van der Waals surface area contributed by atoms with E-state index < -0.39 is 0 Å². The van der Waals surface area contributed by atoms with Gasteiger partial charge in [0.1, 0.15) is 0 Å². The van der Waals surface area contributed by atoms with Gasteiger partial charge in [-0.25, -0.2) is 0 Å². The summed E-state index contributed by atoms with van der Waals surface area (Å²) in [4.78, 5) is 0. The predicted molar refractivity (Wildman–Crippen MR) is 245 cm³/mol. The zero-order chi connectivity index (χ0) is 37.8. The van der Waals surface area contributed by atoms with Gasteiger partial charge in [0.05, 0.1) is 0 Å². The van der Waals surface area contributed by atoms with Crippen LogP contribution < -0.4 is 0 Å². The lowest BCUT2D eigenvalue weighted by atomic mass is 9.81. The number of hydrogen-bond acceptors (Lipinski definition) is 0. The van der Waals surface area contributed by atoms with E-state index in [0.29, 0.717) is 0 Å². The highest BCUT2D eigenvalue weighted by atomic mass is 14.4. The first-order valence-electron chi connectivity index (χ1n) is 20.1. The maximum absolute atomic E-state index is 2.41. The molecule has 0 amide bonds. The third-order valence-corrected chi connectivity index (χ3v) is 13.0. The molecule has 0 fully saturated rings. The Balaban J connectivity index is 0.895. The first-order chi connectivity index (χ1) is 28.0. The molecule has 0 saturated heterocycles. The number of fused-ring (bicyclic) bond motifs is 12. The summed E-state index contributed by atoms with van der Waals surface area (Å²) in [6.07, 6.45) is 0. The van der Waals surface area contributed by atoms with Gasteiger partial charge in [0.25, 0.3) is 0 Å². The summed E-state index contributed by atoms with van der Waals surface area (Å²) in [5.41, 5.74) is 13.1. The Kier molecular flexibility index (Phi) is 6.78. The molecule has 0 saturated carbocycles. The van der Waals surface area contributed by atoms with E-state index in [1.807, 2.05) is 0 Å². The van der Waals surface area contributed by atoms with Crippen molar-refractivity contribution in [2.45, 2.75) is 19.3 Å². The predicted octanol–water partition coefficient (Wildman–Crippen LogP) is 15.9. The molecule has 12 rings (SSSR count). The van der Waals surface area contributed by atoms with Crippen molar-refractivity contribution in [1.29, 1.82) is 0 Å². The van der Waals surface area contributed by atoms with Gasteiger partial charge in [-0.15, -0.1) is 0 Å². The fourth-order valence-corrected chi connectivity index (χ4v) is 10.0. The molecule has 11 aromatic carbocycles. The Labute approximate surface area is 332 Å². The highest BCUT2D eigenvalue weighted by molar-refractivity contribution is 6.29. The van der Waals surface area contributed by atoms with Crippen molar-refractivity contribution in [3.05, 3.63) is 205 Å². The van der Waals surface area contributed by atoms with Crippen molar-refractivity contribution in [2.75, 3.05) is 0 Å². The normalized spacial score (nSPS) is 13.2. The molecular weight excluding hydrogens is 685 g/mol. The molecule has 1 aliphatic carbocycles. The molecule has 0 aliphatic heterocycles. The van der Waals surface area contributed by atoms with Crippen molar-refractivity contribution in [3.63, 3.8) is 0 Å². The fraction of sp³-hybridized carbons (Fsp3) is 0.0526. The number of benzene rings is 11. The molecule has 0 bridgehead atoms. The quantitative estimate of drug-likeness (QED) is 0.159. The van der Waals surface area contributed by atoms with Gasteiger partial charge in [-0.05, 0) is 157 Å². The van der Waals surface area contributed by atoms with Crippen LogP contribution in [0.2, 0.25) is 0 Å². The van der Waals surface area contributed by atoms with E-state index in [1.54, 1.807) is 0 Å². The molecule has 0 spiro atoms. The summed E-state index contributed by atoms with van der Waals surface area (Å²) >= 11 is 0. The number of rotatable bonds is 3. The van der Waals surface area contributed by atoms with Gasteiger partial charge in [0.15, 0.2) is 0 Å². The van der Waals surface area contributed by atoms with Gasteiger partial charge in [0, 0.05) is 5.41 Å². The molecule has 57 heavy (non-hydrogen) atoms. The Bertz CT molecular complexity index is 3490. The maximum atomic E-state index is 2.41. The van der Waals surface area contributed by atoms with E-state index in [9.17, 15) is 0 Å². The van der Waals surface area contributed by atoms with E-state index in [0.717, 1.165) is 0 Å². The van der Waals surface area contributed by atoms with Gasteiger partial charge in [0.2, 0.25) is 0 Å². The van der Waals surface area contributed by atoms with E-state index >= 15 is 0 Å². The van der Waals surface area contributed by atoms with Crippen LogP contribution in [0.3, 0.4) is 0 Å². The second kappa shape index (κ2) is 12.0. The Morgan fingerprint density at radius 3 is 1.42 bits per heavy atom. The van der Waals surface area contributed by atoms with Crippen LogP contribution in [0, 0.1) is 0 Å². The molecule has 1 aliphatic rings. The van der Waals surface area contributed by atoms with Crippen LogP contribution in [0.25, 0.3) is 109 Å². The van der Waals surface area contributed by atoms with Crippen LogP contribution in [-0.2, 0) is 5.41 Å². The smallest absolute Gasteiger partial charge is 0.0159 e. The molecular formula is C57H38. The van der Waals surface area contributed by atoms with Crippen LogP contribution >= 0.6 is 0 Å². The Hall–Kier alpha value is -7.02. The van der Waals surface area contributed by atoms with Crippen molar-refractivity contribution in [1.82, 2.24) is 0 Å². The van der Waals surface area contributed by atoms with Gasteiger partial charge in [-0.3, -0.25) is 0 Å². The first kappa shape index (κ1) is 32.2. The minimum atomic E-state index is -0.00822. The molecule has 0 N–H and O–H groups in total. The van der Waals surface area contributed by atoms with Crippen LogP contribution in [0.1, 0.15) is 25.0 Å². The van der Waals surface area contributed by atoms with E-state index in [4.69, 9.17) is 0 Å². The monoisotopic (exact) mass is 722 g/mol. The van der Waals surface area contributed by atoms with Gasteiger partial charge in [-0.2, -0.15) is 0 Å². The SMILES string of the molecule is CC1(C)c2ccccc2-c2ccc(-c3ccc4cc(-c5ccc6cc(-c7cc8ccc9ccc%10ccccc%10c9c8c8ccccc78)ccc6c5)ccc4c3)cc21. The average Bonchev–Trinajstić information content (AvgIpc) is 3.50. The Morgan fingerprint density at radius 2 is 0.719 bits per heavy atom. The lowest BCUT2D eigenvalue weighted by Crippen LogP contribution is -2.14. The summed E-state index contributed by atoms with van der Waals surface area (Å²) in [6, 6.07) is 72.8. The van der Waals surface area contributed by atoms with E-state index in [2.05, 4.69) is 208 Å². The summed E-state index contributed by atoms with van der Waals surface area (Å²) in [5.74, 6) is 0. The summed E-state index contributed by atoms with van der Waals surface area (Å²) < 4.78 is 0. The minimum Gasteiger partial charge on any atom is -0.0619 e. The van der Waals surface area contributed by atoms with Gasteiger partial charge >= 0.3 is 0 Å². The van der Waals surface area contributed by atoms with Crippen LogP contribution in [-0.4, -0.2) is 0 Å². The zero-order valence-corrected chi connectivity index (χ0v) is 32.0. The second-order valence-corrected chi connectivity index (χ2v) is 16.5. The highest BCUT2D eigenvalue weighted by Crippen LogP contribution is 2.50. The molecule has 0 radical (unpaired) electrons. The lowest BCUT2D eigenvalue weighted by Gasteiger charge is -2.22. The van der Waals surface area contributed by atoms with E-state index in [1.165, 1.54) is 120 Å². The summed E-state index contributed by atoms with van der Waals surface area (Å²) in [7, 11) is 0. The molecule has 0 atom stereocenters. The third-order valence-electron chi connectivity index (χ3n) is 13.0. The van der Waals surface area contributed by atoms with Crippen LogP contribution in [0.4, 0.5) is 0 Å². The second-order valence-electron chi connectivity index (χ2n) is 16.5. The first-order valence-corrected chi connectivity index (χ1v) is 20.1. The summed E-state index contributed by atoms with van der Waals surface area (Å²) in [5, 5.41) is 15.4. The van der Waals surface area contributed by atoms with Crippen molar-refractivity contribution >= 4 is 64.6 Å². The Morgan fingerprint density at radius 1 is 0.263 bits per heavy atom. The van der Waals surface area contributed by atoms with Crippen molar-refractivity contribution < 1.29 is 0 Å². The van der Waals surface area contributed by atoms with Crippen LogP contribution in [0.15, 0.2) is 194 Å². The zero-order valence-electron chi connectivity index (χ0n) is 32.0. The number of hydrogen-bond donors (Lipinski definition) is 0. The molecule has 0 unspecified atom stereocenters. The van der Waals surface area contributed by atoms with E-state index in [-0.39, 0.29) is 5.41 Å². The molecule has 0 heteroatoms. The average molecular weight is 723 g/mol. The molecule has 266 valence electrons. The highest BCUT2D eigenvalue weighted by Gasteiger charge is 2.35. The van der Waals surface area contributed by atoms with Crippen molar-refractivity contribution in [3.8, 4) is 44.5 Å². The molecule has 11 aromatic rings. The molecule has 0 aromatic heterocycles. The topological polar surface area (TPSA) is 0 Å². The molecule has 0 nitrogen and oxygen atoms in total. The largest absolute Gasteiger partial charge is 0.0619 e. The standard InChI is InChI=1S/C57H38/c1-57(2)53-14-8-7-12-49(53)50-28-27-44(34-54(50)57)42-22-20-38-29-37(18-19-40(38)31-42)39-21-23-43-32-45(25-24-41(43)30-39)52-33-46-26-17-36-16-15-35-9-3-4-10-47(35)55(36)56(46)51-13-6-5-11-48(51)52/h3-34H,1-2H3. The summed E-state index contributed by atoms with van der Waals surface area (Å²) in [6.45, 7) is 4.70. The van der Waals surface area contributed by atoms with Crippen LogP contribution in [0.5, 0.6) is 0 Å².